The molecule has 0 aliphatic heterocycles. The number of rotatable bonds is 4. The first kappa shape index (κ1) is 16.5. The highest BCUT2D eigenvalue weighted by molar-refractivity contribution is 9.10. The van der Waals surface area contributed by atoms with Crippen LogP contribution >= 0.6 is 15.9 Å². The van der Waals surface area contributed by atoms with Crippen molar-refractivity contribution in [3.63, 3.8) is 0 Å². The van der Waals surface area contributed by atoms with Gasteiger partial charge < -0.3 is 15.8 Å². The molecule has 0 fully saturated rings. The quantitative estimate of drug-likeness (QED) is 0.286. The molecule has 3 N–H and O–H groups in total. The monoisotopic (exact) mass is 357 g/mol. The summed E-state index contributed by atoms with van der Waals surface area (Å²) in [6.07, 6.45) is -5.36. The summed E-state index contributed by atoms with van der Waals surface area (Å²) < 4.78 is 50.4. The zero-order valence-corrected chi connectivity index (χ0v) is 12.0. The van der Waals surface area contributed by atoms with Gasteiger partial charge in [0, 0.05) is 19.2 Å². The smallest absolute Gasteiger partial charge is 0.390 e. The molecule has 9 heteroatoms. The maximum Gasteiger partial charge on any atom is 0.390 e. The van der Waals surface area contributed by atoms with Gasteiger partial charge in [-0.3, -0.25) is 0 Å². The topological polar surface area (TPSA) is 61.8 Å². The third-order valence-corrected chi connectivity index (χ3v) is 3.36. The minimum absolute atomic E-state index is 0.0179. The Balaban J connectivity index is 3.01. The van der Waals surface area contributed by atoms with Crippen molar-refractivity contribution in [2.24, 2.45) is 10.9 Å². The van der Waals surface area contributed by atoms with Crippen molar-refractivity contribution >= 4 is 27.5 Å². The first-order valence-corrected chi connectivity index (χ1v) is 6.20. The van der Waals surface area contributed by atoms with Gasteiger partial charge in [-0.1, -0.05) is 5.16 Å². The normalized spacial score (nSPS) is 12.6. The van der Waals surface area contributed by atoms with Crippen LogP contribution in [-0.4, -0.2) is 30.8 Å². The Kier molecular flexibility index (Phi) is 5.21. The lowest BCUT2D eigenvalue weighted by molar-refractivity contribution is -0.132. The third kappa shape index (κ3) is 3.99. The summed E-state index contributed by atoms with van der Waals surface area (Å²) in [5.41, 5.74) is 5.44. The molecule has 0 heterocycles. The number of oxime groups is 1. The fourth-order valence-electron chi connectivity index (χ4n) is 1.50. The molecular weight excluding hydrogens is 346 g/mol. The second kappa shape index (κ2) is 6.29. The van der Waals surface area contributed by atoms with Gasteiger partial charge in [0.1, 0.15) is 0 Å². The lowest BCUT2D eigenvalue weighted by atomic mass is 10.1. The Bertz CT molecular complexity index is 519. The van der Waals surface area contributed by atoms with Crippen LogP contribution in [0.15, 0.2) is 21.8 Å². The third-order valence-electron chi connectivity index (χ3n) is 2.59. The SMILES string of the molecule is CN(CCC(F)(F)F)c1ccc(/C(N)=N/O)c(Br)c1F. The molecule has 0 saturated heterocycles. The van der Waals surface area contributed by atoms with E-state index in [4.69, 9.17) is 10.9 Å². The van der Waals surface area contributed by atoms with E-state index in [1.54, 1.807) is 0 Å². The van der Waals surface area contributed by atoms with Crippen LogP contribution in [0.2, 0.25) is 0 Å². The Labute approximate surface area is 121 Å². The summed E-state index contributed by atoms with van der Waals surface area (Å²) in [5, 5.41) is 11.3. The van der Waals surface area contributed by atoms with E-state index >= 15 is 0 Å². The van der Waals surface area contributed by atoms with E-state index in [9.17, 15) is 17.6 Å². The zero-order chi connectivity index (χ0) is 15.5. The molecule has 112 valence electrons. The average molecular weight is 358 g/mol. The van der Waals surface area contributed by atoms with Gasteiger partial charge in [-0.05, 0) is 28.1 Å². The Morgan fingerprint density at radius 3 is 2.55 bits per heavy atom. The van der Waals surface area contributed by atoms with Gasteiger partial charge in [0.15, 0.2) is 11.7 Å². The van der Waals surface area contributed by atoms with Crippen LogP contribution in [-0.2, 0) is 0 Å². The minimum Gasteiger partial charge on any atom is -0.409 e. The van der Waals surface area contributed by atoms with E-state index in [0.717, 1.165) is 4.90 Å². The number of nitrogens with two attached hydrogens (primary N) is 1. The second-order valence-corrected chi connectivity index (χ2v) is 4.83. The second-order valence-electron chi connectivity index (χ2n) is 4.03. The summed E-state index contributed by atoms with van der Waals surface area (Å²) in [6.45, 7) is -0.379. The summed E-state index contributed by atoms with van der Waals surface area (Å²) >= 11 is 2.94. The fourth-order valence-corrected chi connectivity index (χ4v) is 2.04. The Morgan fingerprint density at radius 2 is 2.05 bits per heavy atom. The predicted octanol–water partition coefficient (Wildman–Crippen LogP) is 3.07. The molecule has 0 radical (unpaired) electrons. The van der Waals surface area contributed by atoms with Gasteiger partial charge >= 0.3 is 6.18 Å². The molecular formula is C11H12BrF4N3O. The van der Waals surface area contributed by atoms with Crippen molar-refractivity contribution in [1.82, 2.24) is 0 Å². The van der Waals surface area contributed by atoms with Crippen LogP contribution in [0, 0.1) is 5.82 Å². The molecule has 0 amide bonds. The molecule has 0 aliphatic carbocycles. The van der Waals surface area contributed by atoms with Crippen molar-refractivity contribution in [2.45, 2.75) is 12.6 Å². The van der Waals surface area contributed by atoms with E-state index in [1.165, 1.54) is 19.2 Å². The van der Waals surface area contributed by atoms with Crippen LogP contribution in [0.1, 0.15) is 12.0 Å². The lowest BCUT2D eigenvalue weighted by Gasteiger charge is -2.21. The minimum atomic E-state index is -4.31. The van der Waals surface area contributed by atoms with Crippen LogP contribution < -0.4 is 10.6 Å². The van der Waals surface area contributed by atoms with E-state index in [2.05, 4.69) is 21.1 Å². The average Bonchev–Trinajstić information content (AvgIpc) is 2.37. The van der Waals surface area contributed by atoms with E-state index < -0.39 is 18.4 Å². The van der Waals surface area contributed by atoms with Crippen LogP contribution in [0.3, 0.4) is 0 Å². The number of halogens is 5. The zero-order valence-electron chi connectivity index (χ0n) is 10.4. The molecule has 0 atom stereocenters. The summed E-state index contributed by atoms with van der Waals surface area (Å²) in [7, 11) is 1.35. The number of amidine groups is 1. The summed E-state index contributed by atoms with van der Waals surface area (Å²) in [4.78, 5) is 1.14. The highest BCUT2D eigenvalue weighted by atomic mass is 79.9. The number of hydrogen-bond donors (Lipinski definition) is 2. The fraction of sp³-hybridized carbons (Fsp3) is 0.364. The van der Waals surface area contributed by atoms with E-state index in [-0.39, 0.29) is 28.1 Å². The molecule has 0 aliphatic rings. The number of alkyl halides is 3. The molecule has 1 aromatic rings. The lowest BCUT2D eigenvalue weighted by Crippen LogP contribution is -2.25. The van der Waals surface area contributed by atoms with Gasteiger partial charge in [0.2, 0.25) is 0 Å². The van der Waals surface area contributed by atoms with Crippen LogP contribution in [0.4, 0.5) is 23.2 Å². The van der Waals surface area contributed by atoms with Gasteiger partial charge in [-0.15, -0.1) is 0 Å². The van der Waals surface area contributed by atoms with Crippen LogP contribution in [0.5, 0.6) is 0 Å². The first-order valence-electron chi connectivity index (χ1n) is 5.41. The first-order chi connectivity index (χ1) is 9.17. The molecule has 1 aromatic carbocycles. The summed E-state index contributed by atoms with van der Waals surface area (Å²) in [5.74, 6) is -1.08. The van der Waals surface area contributed by atoms with Crippen molar-refractivity contribution in [2.75, 3.05) is 18.5 Å². The largest absolute Gasteiger partial charge is 0.409 e. The Morgan fingerprint density at radius 1 is 1.45 bits per heavy atom. The Hall–Kier alpha value is -1.51. The number of anilines is 1. The maximum atomic E-state index is 14.1. The highest BCUT2D eigenvalue weighted by Crippen LogP contribution is 2.30. The number of benzene rings is 1. The molecule has 0 saturated carbocycles. The molecule has 4 nitrogen and oxygen atoms in total. The molecule has 0 aromatic heterocycles. The van der Waals surface area contributed by atoms with Gasteiger partial charge in [0.25, 0.3) is 0 Å². The number of nitrogens with zero attached hydrogens (tertiary/aromatic N) is 2. The van der Waals surface area contributed by atoms with Crippen molar-refractivity contribution < 1.29 is 22.8 Å². The van der Waals surface area contributed by atoms with E-state index in [1.807, 2.05) is 0 Å². The molecule has 1 rings (SSSR count). The number of hydrogen-bond acceptors (Lipinski definition) is 3. The molecule has 0 bridgehead atoms. The highest BCUT2D eigenvalue weighted by Gasteiger charge is 2.28. The van der Waals surface area contributed by atoms with Crippen LogP contribution in [0.25, 0.3) is 0 Å². The van der Waals surface area contributed by atoms with Crippen molar-refractivity contribution in [3.8, 4) is 0 Å². The molecule has 0 spiro atoms. The predicted molar refractivity (Wildman–Crippen MR) is 70.6 cm³/mol. The van der Waals surface area contributed by atoms with Gasteiger partial charge in [-0.25, -0.2) is 4.39 Å². The van der Waals surface area contributed by atoms with Gasteiger partial charge in [0.05, 0.1) is 16.6 Å². The summed E-state index contributed by atoms with van der Waals surface area (Å²) in [6, 6.07) is 2.62. The molecule has 0 unspecified atom stereocenters. The van der Waals surface area contributed by atoms with Gasteiger partial charge in [-0.2, -0.15) is 13.2 Å². The van der Waals surface area contributed by atoms with Crippen molar-refractivity contribution in [3.05, 3.63) is 28.0 Å². The van der Waals surface area contributed by atoms with Crippen molar-refractivity contribution in [1.29, 1.82) is 0 Å². The maximum absolute atomic E-state index is 14.1. The standard InChI is InChI=1S/C11H12BrF4N3O/c1-19(5-4-11(14,15)16)7-3-2-6(10(17)18-20)8(12)9(7)13/h2-3,20H,4-5H2,1H3,(H2,17,18). The molecule has 20 heavy (non-hydrogen) atoms. The van der Waals surface area contributed by atoms with E-state index in [0.29, 0.717) is 0 Å².